The van der Waals surface area contributed by atoms with Gasteiger partial charge in [-0.25, -0.2) is 0 Å². The summed E-state index contributed by atoms with van der Waals surface area (Å²) in [6.45, 7) is 0.953. The van der Waals surface area contributed by atoms with Crippen LogP contribution in [0.15, 0.2) is 59.1 Å². The van der Waals surface area contributed by atoms with Crippen LogP contribution in [-0.4, -0.2) is 36.3 Å². The van der Waals surface area contributed by atoms with Crippen LogP contribution in [0.2, 0.25) is 0 Å². The fourth-order valence-electron chi connectivity index (χ4n) is 2.55. The van der Waals surface area contributed by atoms with Gasteiger partial charge in [0.2, 0.25) is 17.6 Å². The summed E-state index contributed by atoms with van der Waals surface area (Å²) in [6.07, 6.45) is 1.55. The Labute approximate surface area is 163 Å². The number of carbonyl (C=O) groups excluding carboxylic acids is 1. The highest BCUT2D eigenvalue weighted by molar-refractivity contribution is 5.75. The van der Waals surface area contributed by atoms with Crippen molar-refractivity contribution < 1.29 is 18.8 Å². The number of rotatable bonds is 10. The van der Waals surface area contributed by atoms with Crippen molar-refractivity contribution in [3.63, 3.8) is 0 Å². The van der Waals surface area contributed by atoms with Crippen LogP contribution in [0.1, 0.15) is 18.7 Å². The molecule has 28 heavy (non-hydrogen) atoms. The van der Waals surface area contributed by atoms with Crippen molar-refractivity contribution in [3.05, 3.63) is 60.5 Å². The van der Waals surface area contributed by atoms with Crippen molar-refractivity contribution in [3.8, 4) is 22.9 Å². The number of methoxy groups -OCH3 is 1. The minimum atomic E-state index is -0.0217. The van der Waals surface area contributed by atoms with E-state index >= 15 is 0 Å². The van der Waals surface area contributed by atoms with Gasteiger partial charge < -0.3 is 19.3 Å². The second kappa shape index (κ2) is 10.1. The molecule has 1 amide bonds. The molecule has 0 aliphatic rings. The van der Waals surface area contributed by atoms with Gasteiger partial charge in [0.1, 0.15) is 11.5 Å². The fraction of sp³-hybridized carbons (Fsp3) is 0.286. The molecule has 0 aliphatic heterocycles. The van der Waals surface area contributed by atoms with Crippen LogP contribution in [0.3, 0.4) is 0 Å². The lowest BCUT2D eigenvalue weighted by Gasteiger charge is -2.06. The Balaban J connectivity index is 1.34. The topological polar surface area (TPSA) is 86.5 Å². The zero-order chi connectivity index (χ0) is 19.6. The minimum Gasteiger partial charge on any atom is -0.497 e. The molecule has 3 rings (SSSR count). The summed E-state index contributed by atoms with van der Waals surface area (Å²) >= 11 is 0. The van der Waals surface area contributed by atoms with Crippen molar-refractivity contribution in [2.45, 2.75) is 19.3 Å². The molecule has 0 saturated heterocycles. The maximum atomic E-state index is 11.9. The van der Waals surface area contributed by atoms with Gasteiger partial charge in [0.25, 0.3) is 0 Å². The maximum Gasteiger partial charge on any atom is 0.228 e. The highest BCUT2D eigenvalue weighted by atomic mass is 16.5. The Morgan fingerprint density at radius 2 is 1.86 bits per heavy atom. The van der Waals surface area contributed by atoms with Gasteiger partial charge in [-0.1, -0.05) is 23.4 Å². The molecule has 0 unspecified atom stereocenters. The van der Waals surface area contributed by atoms with E-state index in [-0.39, 0.29) is 5.91 Å². The van der Waals surface area contributed by atoms with Crippen LogP contribution in [0.25, 0.3) is 11.4 Å². The Hall–Kier alpha value is -3.35. The lowest BCUT2D eigenvalue weighted by molar-refractivity contribution is -0.121. The van der Waals surface area contributed by atoms with Crippen molar-refractivity contribution in [2.75, 3.05) is 20.3 Å². The van der Waals surface area contributed by atoms with Gasteiger partial charge in [0.05, 0.1) is 13.7 Å². The third kappa shape index (κ3) is 5.84. The van der Waals surface area contributed by atoms with E-state index in [9.17, 15) is 4.79 Å². The van der Waals surface area contributed by atoms with Crippen LogP contribution >= 0.6 is 0 Å². The third-order valence-electron chi connectivity index (χ3n) is 4.04. The van der Waals surface area contributed by atoms with E-state index in [1.54, 1.807) is 7.11 Å². The van der Waals surface area contributed by atoms with Crippen molar-refractivity contribution in [1.82, 2.24) is 15.5 Å². The van der Waals surface area contributed by atoms with Gasteiger partial charge in [0, 0.05) is 24.9 Å². The van der Waals surface area contributed by atoms with Gasteiger partial charge in [0.15, 0.2) is 0 Å². The number of ether oxygens (including phenoxy) is 2. The predicted molar refractivity (Wildman–Crippen MR) is 104 cm³/mol. The van der Waals surface area contributed by atoms with Gasteiger partial charge in [-0.2, -0.15) is 4.98 Å². The second-order valence-corrected chi connectivity index (χ2v) is 6.11. The molecular weight excluding hydrogens is 358 g/mol. The summed E-state index contributed by atoms with van der Waals surface area (Å²) in [5.41, 5.74) is 0.846. The molecule has 0 aliphatic carbocycles. The maximum absolute atomic E-state index is 11.9. The SMILES string of the molecule is COc1ccc(-c2noc(CCNC(=O)CCCOc3ccccc3)n2)cc1. The van der Waals surface area contributed by atoms with Crippen LogP contribution in [-0.2, 0) is 11.2 Å². The number of benzene rings is 2. The van der Waals surface area contributed by atoms with Gasteiger partial charge in [-0.05, 0) is 42.8 Å². The molecule has 0 radical (unpaired) electrons. The molecule has 1 N–H and O–H groups in total. The number of para-hydroxylation sites is 1. The van der Waals surface area contributed by atoms with E-state index in [1.165, 1.54) is 0 Å². The average Bonchev–Trinajstić information content (AvgIpc) is 3.21. The van der Waals surface area contributed by atoms with E-state index in [0.29, 0.717) is 44.1 Å². The third-order valence-corrected chi connectivity index (χ3v) is 4.04. The summed E-state index contributed by atoms with van der Waals surface area (Å²) in [7, 11) is 1.62. The molecule has 1 aromatic heterocycles. The fourth-order valence-corrected chi connectivity index (χ4v) is 2.55. The lowest BCUT2D eigenvalue weighted by atomic mass is 10.2. The number of amides is 1. The predicted octanol–water partition coefficient (Wildman–Crippen LogP) is 3.26. The van der Waals surface area contributed by atoms with Crippen LogP contribution in [0, 0.1) is 0 Å². The molecule has 7 nitrogen and oxygen atoms in total. The van der Waals surface area contributed by atoms with Crippen molar-refractivity contribution in [2.24, 2.45) is 0 Å². The van der Waals surface area contributed by atoms with Crippen LogP contribution in [0.4, 0.5) is 0 Å². The van der Waals surface area contributed by atoms with Crippen molar-refractivity contribution in [1.29, 1.82) is 0 Å². The van der Waals surface area contributed by atoms with E-state index < -0.39 is 0 Å². The quantitative estimate of drug-likeness (QED) is 0.543. The zero-order valence-electron chi connectivity index (χ0n) is 15.8. The first-order valence-corrected chi connectivity index (χ1v) is 9.16. The number of carbonyl (C=O) groups is 1. The summed E-state index contributed by atoms with van der Waals surface area (Å²) in [5.74, 6) is 2.56. The molecule has 0 bridgehead atoms. The van der Waals surface area contributed by atoms with E-state index in [2.05, 4.69) is 15.5 Å². The lowest BCUT2D eigenvalue weighted by Crippen LogP contribution is -2.25. The molecule has 0 fully saturated rings. The number of hydrogen-bond donors (Lipinski definition) is 1. The molecule has 0 saturated carbocycles. The highest BCUT2D eigenvalue weighted by Crippen LogP contribution is 2.19. The molecule has 0 spiro atoms. The van der Waals surface area contributed by atoms with Gasteiger partial charge in [-0.3, -0.25) is 4.79 Å². The van der Waals surface area contributed by atoms with E-state index in [1.807, 2.05) is 54.6 Å². The zero-order valence-corrected chi connectivity index (χ0v) is 15.8. The molecule has 1 heterocycles. The number of hydrogen-bond acceptors (Lipinski definition) is 6. The molecule has 2 aromatic carbocycles. The Morgan fingerprint density at radius 1 is 1.07 bits per heavy atom. The number of nitrogens with one attached hydrogen (secondary N) is 1. The van der Waals surface area contributed by atoms with Crippen LogP contribution < -0.4 is 14.8 Å². The molecular formula is C21H23N3O4. The Morgan fingerprint density at radius 3 is 2.61 bits per heavy atom. The second-order valence-electron chi connectivity index (χ2n) is 6.11. The first-order valence-electron chi connectivity index (χ1n) is 9.16. The first-order chi connectivity index (χ1) is 13.7. The average molecular weight is 381 g/mol. The monoisotopic (exact) mass is 381 g/mol. The summed E-state index contributed by atoms with van der Waals surface area (Å²) in [4.78, 5) is 16.2. The van der Waals surface area contributed by atoms with Gasteiger partial charge in [-0.15, -0.1) is 0 Å². The first kappa shape index (κ1) is 19.4. The Kier molecular flexibility index (Phi) is 7.01. The highest BCUT2D eigenvalue weighted by Gasteiger charge is 2.09. The molecule has 3 aromatic rings. The van der Waals surface area contributed by atoms with Gasteiger partial charge >= 0.3 is 0 Å². The van der Waals surface area contributed by atoms with Crippen molar-refractivity contribution >= 4 is 5.91 Å². The van der Waals surface area contributed by atoms with E-state index in [4.69, 9.17) is 14.0 Å². The largest absolute Gasteiger partial charge is 0.497 e. The number of nitrogens with zero attached hydrogens (tertiary/aromatic N) is 2. The molecule has 0 atom stereocenters. The summed E-state index contributed by atoms with van der Waals surface area (Å²) in [6, 6.07) is 17.0. The normalized spacial score (nSPS) is 10.5. The Bertz CT molecular complexity index is 863. The summed E-state index contributed by atoms with van der Waals surface area (Å²) in [5, 5.41) is 6.83. The number of aromatic nitrogens is 2. The molecule has 7 heteroatoms. The summed E-state index contributed by atoms with van der Waals surface area (Å²) < 4.78 is 15.9. The minimum absolute atomic E-state index is 0.0217. The van der Waals surface area contributed by atoms with E-state index in [0.717, 1.165) is 17.1 Å². The van der Waals surface area contributed by atoms with Crippen LogP contribution in [0.5, 0.6) is 11.5 Å². The standard InChI is InChI=1S/C21H23N3O4/c1-26-17-11-9-16(10-12-17)21-23-20(28-24-21)13-14-22-19(25)8-5-15-27-18-6-3-2-4-7-18/h2-4,6-7,9-12H,5,8,13-15H2,1H3,(H,22,25). The smallest absolute Gasteiger partial charge is 0.228 e. The molecule has 146 valence electrons.